The summed E-state index contributed by atoms with van der Waals surface area (Å²) in [6, 6.07) is 13.9. The van der Waals surface area contributed by atoms with E-state index in [4.69, 9.17) is 9.72 Å². The molecule has 0 bridgehead atoms. The summed E-state index contributed by atoms with van der Waals surface area (Å²) in [6.07, 6.45) is 1.71. The van der Waals surface area contributed by atoms with Gasteiger partial charge in [0.25, 0.3) is 0 Å². The van der Waals surface area contributed by atoms with Gasteiger partial charge in [0, 0.05) is 5.69 Å². The van der Waals surface area contributed by atoms with Crippen LogP contribution in [0.4, 0.5) is 11.5 Å². The van der Waals surface area contributed by atoms with Crippen LogP contribution in [-0.4, -0.2) is 26.2 Å². The number of hydrogen-bond acceptors (Lipinski definition) is 5. The lowest BCUT2D eigenvalue weighted by molar-refractivity contribution is 0.340. The summed E-state index contributed by atoms with van der Waals surface area (Å²) in [5, 5.41) is 11.6. The number of nitrogens with one attached hydrogen (secondary N) is 1. The Labute approximate surface area is 139 Å². The van der Waals surface area contributed by atoms with Gasteiger partial charge in [-0.2, -0.15) is 0 Å². The van der Waals surface area contributed by atoms with Gasteiger partial charge in [0.2, 0.25) is 5.65 Å². The minimum absolute atomic E-state index is 0.652. The van der Waals surface area contributed by atoms with Gasteiger partial charge < -0.3 is 10.1 Å². The molecule has 4 aromatic rings. The van der Waals surface area contributed by atoms with Gasteiger partial charge in [-0.1, -0.05) is 6.07 Å². The molecule has 0 saturated carbocycles. The molecular formula is C18H17N5O. The van der Waals surface area contributed by atoms with Crippen molar-refractivity contribution in [2.45, 2.75) is 13.8 Å². The van der Waals surface area contributed by atoms with E-state index in [1.54, 1.807) is 6.33 Å². The fraction of sp³-hybridized carbons (Fsp3) is 0.167. The van der Waals surface area contributed by atoms with Gasteiger partial charge >= 0.3 is 0 Å². The van der Waals surface area contributed by atoms with Gasteiger partial charge in [-0.15, -0.1) is 10.2 Å². The van der Waals surface area contributed by atoms with E-state index < -0.39 is 0 Å². The number of fused-ring (bicyclic) bond motifs is 3. The molecule has 6 heteroatoms. The topological polar surface area (TPSA) is 64.3 Å². The van der Waals surface area contributed by atoms with Crippen molar-refractivity contribution >= 4 is 28.2 Å². The number of rotatable bonds is 4. The summed E-state index contributed by atoms with van der Waals surface area (Å²) in [5.41, 5.74) is 4.67. The Kier molecular flexibility index (Phi) is 3.49. The number of hydrogen-bond donors (Lipinski definition) is 1. The highest BCUT2D eigenvalue weighted by Crippen LogP contribution is 2.25. The molecule has 0 unspecified atom stereocenters. The van der Waals surface area contributed by atoms with Crippen LogP contribution in [0, 0.1) is 6.92 Å². The van der Waals surface area contributed by atoms with E-state index in [2.05, 4.69) is 28.5 Å². The predicted molar refractivity (Wildman–Crippen MR) is 93.9 cm³/mol. The van der Waals surface area contributed by atoms with Gasteiger partial charge in [0.05, 0.1) is 17.6 Å². The highest BCUT2D eigenvalue weighted by Gasteiger charge is 2.10. The van der Waals surface area contributed by atoms with Crippen molar-refractivity contribution in [1.29, 1.82) is 0 Å². The maximum absolute atomic E-state index is 5.47. The highest BCUT2D eigenvalue weighted by atomic mass is 16.5. The lowest BCUT2D eigenvalue weighted by atomic mass is 10.2. The number of anilines is 2. The molecule has 0 aliphatic carbocycles. The smallest absolute Gasteiger partial charge is 0.204 e. The van der Waals surface area contributed by atoms with Crippen molar-refractivity contribution in [3.8, 4) is 5.75 Å². The van der Waals surface area contributed by atoms with Gasteiger partial charge in [0.15, 0.2) is 5.82 Å². The number of benzene rings is 2. The molecule has 4 rings (SSSR count). The summed E-state index contributed by atoms with van der Waals surface area (Å²) >= 11 is 0. The lowest BCUT2D eigenvalue weighted by Gasteiger charge is -2.10. The standard InChI is InChI=1S/C18H17N5O/c1-3-24-14-7-5-13(6-8-14)20-17-18-22-19-11-23(18)16-10-12(2)4-9-15(16)21-17/h4-11H,3H2,1-2H3,(H,20,21). The first kappa shape index (κ1) is 14.4. The van der Waals surface area contributed by atoms with Gasteiger partial charge in [-0.3, -0.25) is 4.40 Å². The molecule has 0 aliphatic rings. The van der Waals surface area contributed by atoms with Crippen LogP contribution in [0.1, 0.15) is 12.5 Å². The first-order valence-corrected chi connectivity index (χ1v) is 7.84. The molecule has 0 atom stereocenters. The number of aromatic nitrogens is 4. The number of ether oxygens (including phenoxy) is 1. The number of nitrogens with zero attached hydrogens (tertiary/aromatic N) is 4. The molecule has 0 amide bonds. The van der Waals surface area contributed by atoms with Crippen molar-refractivity contribution in [1.82, 2.24) is 19.6 Å². The Hall–Kier alpha value is -3.15. The average Bonchev–Trinajstić information content (AvgIpc) is 3.08. The molecule has 2 aromatic carbocycles. The Bertz CT molecular complexity index is 1010. The summed E-state index contributed by atoms with van der Waals surface area (Å²) in [7, 11) is 0. The zero-order valence-electron chi connectivity index (χ0n) is 13.5. The molecule has 2 aromatic heterocycles. The van der Waals surface area contributed by atoms with Crippen molar-refractivity contribution in [3.05, 3.63) is 54.4 Å². The second-order valence-corrected chi connectivity index (χ2v) is 5.56. The monoisotopic (exact) mass is 319 g/mol. The Morgan fingerprint density at radius 3 is 2.75 bits per heavy atom. The minimum Gasteiger partial charge on any atom is -0.494 e. The SMILES string of the molecule is CCOc1ccc(Nc2nc3ccc(C)cc3n3cnnc23)cc1. The van der Waals surface area contributed by atoms with Gasteiger partial charge in [-0.05, 0) is 55.8 Å². The summed E-state index contributed by atoms with van der Waals surface area (Å²) in [5.74, 6) is 1.52. The maximum atomic E-state index is 5.47. The molecule has 6 nitrogen and oxygen atoms in total. The third-order valence-corrected chi connectivity index (χ3v) is 3.81. The molecular weight excluding hydrogens is 302 g/mol. The quantitative estimate of drug-likeness (QED) is 0.621. The van der Waals surface area contributed by atoms with Gasteiger partial charge in [0.1, 0.15) is 12.1 Å². The third kappa shape index (κ3) is 2.52. The molecule has 0 aliphatic heterocycles. The first-order valence-electron chi connectivity index (χ1n) is 7.84. The van der Waals surface area contributed by atoms with Crippen LogP contribution in [0.15, 0.2) is 48.8 Å². The van der Waals surface area contributed by atoms with Crippen LogP contribution in [-0.2, 0) is 0 Å². The lowest BCUT2D eigenvalue weighted by Crippen LogP contribution is -2.00. The van der Waals surface area contributed by atoms with Crippen LogP contribution < -0.4 is 10.1 Å². The van der Waals surface area contributed by atoms with E-state index in [-0.39, 0.29) is 0 Å². The Morgan fingerprint density at radius 2 is 1.96 bits per heavy atom. The Balaban J connectivity index is 1.77. The average molecular weight is 319 g/mol. The molecule has 0 fully saturated rings. The molecule has 120 valence electrons. The predicted octanol–water partition coefficient (Wildman–Crippen LogP) is 3.73. The maximum Gasteiger partial charge on any atom is 0.204 e. The summed E-state index contributed by atoms with van der Waals surface area (Å²) < 4.78 is 7.42. The van der Waals surface area contributed by atoms with Crippen molar-refractivity contribution in [2.75, 3.05) is 11.9 Å². The number of aryl methyl sites for hydroxylation is 1. The minimum atomic E-state index is 0.652. The van der Waals surface area contributed by atoms with Crippen LogP contribution in [0.3, 0.4) is 0 Å². The fourth-order valence-electron chi connectivity index (χ4n) is 2.69. The molecule has 0 saturated heterocycles. The highest BCUT2D eigenvalue weighted by molar-refractivity contribution is 5.84. The second kappa shape index (κ2) is 5.81. The van der Waals surface area contributed by atoms with E-state index >= 15 is 0 Å². The van der Waals surface area contributed by atoms with Crippen LogP contribution in [0.25, 0.3) is 16.7 Å². The molecule has 2 heterocycles. The Morgan fingerprint density at radius 1 is 1.12 bits per heavy atom. The third-order valence-electron chi connectivity index (χ3n) is 3.81. The van der Waals surface area contributed by atoms with E-state index in [0.29, 0.717) is 18.1 Å². The largest absolute Gasteiger partial charge is 0.494 e. The second-order valence-electron chi connectivity index (χ2n) is 5.56. The fourth-order valence-corrected chi connectivity index (χ4v) is 2.69. The summed E-state index contributed by atoms with van der Waals surface area (Å²) in [6.45, 7) is 4.68. The molecule has 0 spiro atoms. The van der Waals surface area contributed by atoms with Crippen molar-refractivity contribution in [3.63, 3.8) is 0 Å². The van der Waals surface area contributed by atoms with E-state index in [0.717, 1.165) is 22.5 Å². The zero-order valence-corrected chi connectivity index (χ0v) is 13.5. The molecule has 0 radical (unpaired) electrons. The van der Waals surface area contributed by atoms with Crippen LogP contribution in [0.2, 0.25) is 0 Å². The van der Waals surface area contributed by atoms with E-state index in [1.807, 2.05) is 47.7 Å². The van der Waals surface area contributed by atoms with E-state index in [1.165, 1.54) is 5.56 Å². The van der Waals surface area contributed by atoms with Gasteiger partial charge in [-0.25, -0.2) is 4.98 Å². The zero-order chi connectivity index (χ0) is 16.5. The van der Waals surface area contributed by atoms with E-state index in [9.17, 15) is 0 Å². The summed E-state index contributed by atoms with van der Waals surface area (Å²) in [4.78, 5) is 4.71. The van der Waals surface area contributed by atoms with Crippen LogP contribution in [0.5, 0.6) is 5.75 Å². The first-order chi connectivity index (χ1) is 11.7. The normalized spacial score (nSPS) is 11.1. The van der Waals surface area contributed by atoms with Crippen LogP contribution >= 0.6 is 0 Å². The van der Waals surface area contributed by atoms with Crippen molar-refractivity contribution < 1.29 is 4.74 Å². The molecule has 1 N–H and O–H groups in total. The molecule has 24 heavy (non-hydrogen) atoms. The van der Waals surface area contributed by atoms with Crippen molar-refractivity contribution in [2.24, 2.45) is 0 Å².